The van der Waals surface area contributed by atoms with Crippen LogP contribution in [0.5, 0.6) is 11.5 Å². The van der Waals surface area contributed by atoms with E-state index in [4.69, 9.17) is 4.74 Å². The largest absolute Gasteiger partial charge is 0.452 e. The van der Waals surface area contributed by atoms with E-state index in [0.717, 1.165) is 278 Å². The molecular formula is C99H94N8O9. The van der Waals surface area contributed by atoms with Gasteiger partial charge in [0.05, 0.1) is 33.6 Å². The summed E-state index contributed by atoms with van der Waals surface area (Å²) in [6.45, 7) is 23.1. The zero-order valence-electron chi connectivity index (χ0n) is 67.5. The first-order valence-electron chi connectivity index (χ1n) is 43.1. The average molecular weight is 1540 g/mol. The minimum Gasteiger partial charge on any atom is -0.452 e. The number of benzene rings is 12. The lowest BCUT2D eigenvalue weighted by molar-refractivity contribution is 0.0487. The van der Waals surface area contributed by atoms with Crippen molar-refractivity contribution in [2.45, 2.75) is 199 Å². The minimum absolute atomic E-state index is 0.169. The number of rotatable bonds is 8. The van der Waals surface area contributed by atoms with E-state index in [0.29, 0.717) is 66.1 Å². The summed E-state index contributed by atoms with van der Waals surface area (Å²) in [5, 5.41) is 12.8. The molecule has 12 aromatic carbocycles. The molecule has 6 fully saturated rings. The fourth-order valence-electron chi connectivity index (χ4n) is 23.3. The molecule has 12 aromatic rings. The van der Waals surface area contributed by atoms with Crippen LogP contribution in [0.15, 0.2) is 97.1 Å². The first-order chi connectivity index (χ1) is 56.0. The molecule has 17 nitrogen and oxygen atoms in total. The van der Waals surface area contributed by atoms with Crippen molar-refractivity contribution in [2.75, 3.05) is 81.8 Å². The van der Waals surface area contributed by atoms with Crippen LogP contribution in [0.25, 0.3) is 86.2 Å². The first kappa shape index (κ1) is 70.2. The highest BCUT2D eigenvalue weighted by Crippen LogP contribution is 2.61. The third-order valence-corrected chi connectivity index (χ3v) is 29.2. The third kappa shape index (κ3) is 9.39. The van der Waals surface area contributed by atoms with Gasteiger partial charge in [-0.3, -0.25) is 48.2 Å². The van der Waals surface area contributed by atoms with Gasteiger partial charge >= 0.3 is 0 Å². The predicted molar refractivity (Wildman–Crippen MR) is 461 cm³/mol. The molecule has 0 atom stereocenters. The fourth-order valence-corrected chi connectivity index (χ4v) is 23.3. The summed E-state index contributed by atoms with van der Waals surface area (Å²) in [5.41, 5.74) is 8.77. The Labute approximate surface area is 673 Å². The van der Waals surface area contributed by atoms with Gasteiger partial charge in [0.2, 0.25) is 0 Å². The topological polar surface area (TPSA) is 172 Å². The molecule has 8 amide bonds. The van der Waals surface area contributed by atoms with E-state index < -0.39 is 39.9 Å². The van der Waals surface area contributed by atoms with Gasteiger partial charge in [-0.1, -0.05) is 130 Å². The van der Waals surface area contributed by atoms with E-state index in [1.807, 2.05) is 60.7 Å². The van der Waals surface area contributed by atoms with Gasteiger partial charge in [-0.15, -0.1) is 0 Å². The van der Waals surface area contributed by atoms with Crippen molar-refractivity contribution in [2.24, 2.45) is 0 Å². The molecule has 0 N–H and O–H groups in total. The predicted octanol–water partition coefficient (Wildman–Crippen LogP) is 20.7. The summed E-state index contributed by atoms with van der Waals surface area (Å²) in [6, 6.07) is 31.8. The van der Waals surface area contributed by atoms with Crippen LogP contribution in [0.2, 0.25) is 0 Å². The van der Waals surface area contributed by atoms with Crippen molar-refractivity contribution in [3.8, 4) is 11.5 Å². The Hall–Kier alpha value is -11.2. The summed E-state index contributed by atoms with van der Waals surface area (Å²) >= 11 is 0. The Balaban J connectivity index is 0.710. The van der Waals surface area contributed by atoms with Gasteiger partial charge in [-0.25, -0.2) is 9.80 Å². The second kappa shape index (κ2) is 24.5. The van der Waals surface area contributed by atoms with E-state index in [-0.39, 0.29) is 58.6 Å². The lowest BCUT2D eigenvalue weighted by Gasteiger charge is -2.41. The van der Waals surface area contributed by atoms with Crippen LogP contribution >= 0.6 is 0 Å². The summed E-state index contributed by atoms with van der Waals surface area (Å²) in [4.78, 5) is 144. The number of nitrogens with zero attached hydrogens (tertiary/aromatic N) is 8. The number of anilines is 6. The number of hydrogen-bond acceptors (Lipinski definition) is 13. The highest BCUT2D eigenvalue weighted by atomic mass is 16.5. The van der Waals surface area contributed by atoms with Crippen LogP contribution in [-0.2, 0) is 16.2 Å². The van der Waals surface area contributed by atoms with Gasteiger partial charge < -0.3 is 24.3 Å². The fraction of sp³-hybridized carbons (Fsp3) is 0.394. The van der Waals surface area contributed by atoms with E-state index in [2.05, 4.69) is 111 Å². The van der Waals surface area contributed by atoms with E-state index in [9.17, 15) is 0 Å². The maximum absolute atomic E-state index is 17.0. The molecule has 4 saturated heterocycles. The van der Waals surface area contributed by atoms with Crippen molar-refractivity contribution < 1.29 is 43.1 Å². The third-order valence-electron chi connectivity index (χ3n) is 29.2. The molecule has 17 heteroatoms. The van der Waals surface area contributed by atoms with Crippen LogP contribution in [-0.4, -0.2) is 121 Å². The summed E-state index contributed by atoms with van der Waals surface area (Å²) in [6.07, 6.45) is 16.9. The summed E-state index contributed by atoms with van der Waals surface area (Å²) < 4.78 is 7.70. The van der Waals surface area contributed by atoms with Gasteiger partial charge in [-0.05, 0) is 181 Å². The SMILES string of the molecule is CC(C)(C)c1cc(N2C(=O)c3ccc4c5c(N6CCCC6)cc6c7c(ccc(c8c(N9CCCC9)cc(c3c48)C2=O)c75)C(=O)N(C2CCCCC2)C6=O)c2c(c1)C(C)(C)c1cc(C(C)(C)C)cc(N3C(=O)c4ccc5c6c(N7CCCC7)cc7c8c(ccc(c9c(N%10CCCC%10)cc(c4c59)C3=O)c86)C(=O)N(C3CCCCC3)C7=O)c1O2. The standard InChI is InChI=1S/C99H94N8O9/c1-97(2,3)51-43-67-87(73(45-51)106-91(110)61-33-29-57-79-69(100-35-15-16-36-100)47-63-75-59(89(108)104(93(63)112)53-23-11-9-12-24-53)31-27-55(83(75)79)81-71(102-39-19-20-40-102)49-65(95(106)114)77(61)85(57)81)116-88-68(99(67,7)8)44-52(98(4,5)6)46-74(88)107-92(111)62-34-30-58-80-70(101-37-17-18-38-101)48-64-76-60(90(109)105(94(64)113)54-25-13-10-14-26-54)32-28-56(84(76)80)82-72(103-41-21-22-42-103)50-66(96(107)115)78(62)86(58)82/h27-34,43-50,53-54H,9-26,35-42H2,1-8H3. The molecule has 9 heterocycles. The molecule has 0 bridgehead atoms. The van der Waals surface area contributed by atoms with Crippen LogP contribution in [0.1, 0.15) is 276 Å². The van der Waals surface area contributed by atoms with Crippen LogP contribution in [0, 0.1) is 0 Å². The average Bonchev–Trinajstić information content (AvgIpc) is 0.693. The van der Waals surface area contributed by atoms with Crippen molar-refractivity contribution in [1.29, 1.82) is 0 Å². The number of amides is 8. The molecule has 2 aliphatic carbocycles. The number of ether oxygens (including phenoxy) is 1. The van der Waals surface area contributed by atoms with Crippen molar-refractivity contribution in [3.63, 3.8) is 0 Å². The molecular weight excluding hydrogens is 1450 g/mol. The van der Waals surface area contributed by atoms with Crippen LogP contribution in [0.3, 0.4) is 0 Å². The monoisotopic (exact) mass is 1540 g/mol. The van der Waals surface area contributed by atoms with E-state index >= 15 is 38.4 Å². The van der Waals surface area contributed by atoms with Gasteiger partial charge in [0, 0.05) is 191 Å². The van der Waals surface area contributed by atoms with Crippen molar-refractivity contribution in [3.05, 3.63) is 164 Å². The molecule has 116 heavy (non-hydrogen) atoms. The minimum atomic E-state index is -0.974. The zero-order valence-corrected chi connectivity index (χ0v) is 67.5. The molecule has 0 aromatic heterocycles. The van der Waals surface area contributed by atoms with E-state index in [1.54, 1.807) is 9.80 Å². The molecule has 0 radical (unpaired) electrons. The van der Waals surface area contributed by atoms with Gasteiger partial charge in [-0.2, -0.15) is 0 Å². The lowest BCUT2D eigenvalue weighted by atomic mass is 9.71. The Kier molecular flexibility index (Phi) is 14.8. The molecule has 584 valence electrons. The highest BCUT2D eigenvalue weighted by Gasteiger charge is 2.50. The van der Waals surface area contributed by atoms with Crippen molar-refractivity contribution >= 4 is 168 Å². The zero-order chi connectivity index (χ0) is 79.1. The maximum Gasteiger partial charge on any atom is 0.266 e. The van der Waals surface area contributed by atoms with Crippen LogP contribution in [0.4, 0.5) is 34.1 Å². The molecule has 11 aliphatic rings. The molecule has 9 aliphatic heterocycles. The summed E-state index contributed by atoms with van der Waals surface area (Å²) in [5.74, 6) is -2.54. The van der Waals surface area contributed by atoms with Gasteiger partial charge in [0.1, 0.15) is 0 Å². The molecule has 0 spiro atoms. The number of carbonyl (C=O) groups is 8. The van der Waals surface area contributed by atoms with Crippen LogP contribution < -0.4 is 34.1 Å². The Morgan fingerprint density at radius 2 is 0.543 bits per heavy atom. The van der Waals surface area contributed by atoms with Gasteiger partial charge in [0.25, 0.3) is 47.3 Å². The number of hydrogen-bond donors (Lipinski definition) is 0. The molecule has 0 unspecified atom stereocenters. The second-order valence-electron chi connectivity index (χ2n) is 38.1. The molecule has 2 saturated carbocycles. The highest BCUT2D eigenvalue weighted by molar-refractivity contribution is 6.49. The second-order valence-corrected chi connectivity index (χ2v) is 38.1. The van der Waals surface area contributed by atoms with E-state index in [1.165, 1.54) is 9.80 Å². The quantitative estimate of drug-likeness (QED) is 0.0800. The lowest BCUT2D eigenvalue weighted by Crippen LogP contribution is -2.47. The van der Waals surface area contributed by atoms with Gasteiger partial charge in [0.15, 0.2) is 11.5 Å². The maximum atomic E-state index is 17.0. The Morgan fingerprint density at radius 1 is 0.284 bits per heavy atom. The first-order valence-corrected chi connectivity index (χ1v) is 43.1. The summed E-state index contributed by atoms with van der Waals surface area (Å²) in [7, 11) is 0. The number of carbonyl (C=O) groups excluding carboxylic acids is 8. The smallest absolute Gasteiger partial charge is 0.266 e. The number of fused-ring (bicyclic) bond motifs is 6. The normalized spacial score (nSPS) is 20.1. The Morgan fingerprint density at radius 3 is 0.828 bits per heavy atom. The Bertz CT molecular complexity index is 6180. The number of imide groups is 4. The van der Waals surface area contributed by atoms with Crippen molar-refractivity contribution in [1.82, 2.24) is 9.80 Å². The molecule has 23 rings (SSSR count).